The molecule has 1 fully saturated rings. The van der Waals surface area contributed by atoms with Crippen LogP contribution in [0, 0.1) is 5.92 Å². The summed E-state index contributed by atoms with van der Waals surface area (Å²) in [5.41, 5.74) is 2.56. The summed E-state index contributed by atoms with van der Waals surface area (Å²) < 4.78 is 0. The molecule has 0 amide bonds. The van der Waals surface area contributed by atoms with E-state index in [-0.39, 0.29) is 0 Å². The second-order valence-corrected chi connectivity index (χ2v) is 6.19. The van der Waals surface area contributed by atoms with E-state index in [2.05, 4.69) is 43.1 Å². The molecule has 106 valence electrons. The first-order chi connectivity index (χ1) is 9.13. The Hall–Kier alpha value is -0.730. The SMILES string of the molecule is CCN(c1cccc(Cl)c1CNCC(C)C)C1CC1. The van der Waals surface area contributed by atoms with Gasteiger partial charge in [0, 0.05) is 35.4 Å². The molecule has 1 N–H and O–H groups in total. The molecule has 0 atom stereocenters. The fourth-order valence-corrected chi connectivity index (χ4v) is 2.73. The van der Waals surface area contributed by atoms with Crippen molar-refractivity contribution in [3.05, 3.63) is 28.8 Å². The predicted octanol–water partition coefficient (Wildman–Crippen LogP) is 4.07. The van der Waals surface area contributed by atoms with E-state index in [1.54, 1.807) is 0 Å². The molecule has 1 aromatic carbocycles. The third kappa shape index (κ3) is 3.87. The van der Waals surface area contributed by atoms with E-state index >= 15 is 0 Å². The van der Waals surface area contributed by atoms with Gasteiger partial charge in [-0.25, -0.2) is 0 Å². The summed E-state index contributed by atoms with van der Waals surface area (Å²) >= 11 is 6.40. The molecule has 0 saturated heterocycles. The first-order valence-electron chi connectivity index (χ1n) is 7.38. The van der Waals surface area contributed by atoms with Gasteiger partial charge in [0.2, 0.25) is 0 Å². The summed E-state index contributed by atoms with van der Waals surface area (Å²) in [4.78, 5) is 2.50. The van der Waals surface area contributed by atoms with Crippen molar-refractivity contribution in [1.29, 1.82) is 0 Å². The molecule has 2 rings (SSSR count). The molecule has 0 aliphatic heterocycles. The number of benzene rings is 1. The number of hydrogen-bond donors (Lipinski definition) is 1. The lowest BCUT2D eigenvalue weighted by Gasteiger charge is -2.26. The Morgan fingerprint density at radius 3 is 2.68 bits per heavy atom. The number of anilines is 1. The van der Waals surface area contributed by atoms with Crippen LogP contribution in [0.5, 0.6) is 0 Å². The van der Waals surface area contributed by atoms with E-state index in [9.17, 15) is 0 Å². The largest absolute Gasteiger partial charge is 0.369 e. The van der Waals surface area contributed by atoms with E-state index in [0.29, 0.717) is 5.92 Å². The number of nitrogens with zero attached hydrogens (tertiary/aromatic N) is 1. The van der Waals surface area contributed by atoms with Crippen LogP contribution in [0.2, 0.25) is 5.02 Å². The van der Waals surface area contributed by atoms with Crippen LogP contribution in [0.3, 0.4) is 0 Å². The summed E-state index contributed by atoms with van der Waals surface area (Å²) in [5.74, 6) is 0.664. The Morgan fingerprint density at radius 2 is 2.11 bits per heavy atom. The molecular formula is C16H25ClN2. The third-order valence-corrected chi connectivity index (χ3v) is 3.94. The highest BCUT2D eigenvalue weighted by Gasteiger charge is 2.29. The molecule has 2 nitrogen and oxygen atoms in total. The standard InChI is InChI=1S/C16H25ClN2/c1-4-19(13-8-9-13)16-7-5-6-15(17)14(16)11-18-10-12(2)3/h5-7,12-13,18H,4,8-11H2,1-3H3. The van der Waals surface area contributed by atoms with E-state index in [1.165, 1.54) is 24.1 Å². The van der Waals surface area contributed by atoms with Crippen molar-refractivity contribution < 1.29 is 0 Å². The van der Waals surface area contributed by atoms with Gasteiger partial charge in [0.15, 0.2) is 0 Å². The number of hydrogen-bond acceptors (Lipinski definition) is 2. The Bertz CT molecular complexity index is 413. The zero-order valence-corrected chi connectivity index (χ0v) is 13.0. The van der Waals surface area contributed by atoms with Gasteiger partial charge in [0.25, 0.3) is 0 Å². The van der Waals surface area contributed by atoms with Crippen LogP contribution < -0.4 is 10.2 Å². The lowest BCUT2D eigenvalue weighted by molar-refractivity contribution is 0.552. The van der Waals surface area contributed by atoms with Gasteiger partial charge in [-0.3, -0.25) is 0 Å². The maximum Gasteiger partial charge on any atom is 0.0471 e. The minimum absolute atomic E-state index is 0.664. The Kier molecular flexibility index (Phi) is 5.12. The maximum atomic E-state index is 6.40. The van der Waals surface area contributed by atoms with Crippen molar-refractivity contribution in [3.8, 4) is 0 Å². The van der Waals surface area contributed by atoms with Crippen molar-refractivity contribution in [2.75, 3.05) is 18.0 Å². The monoisotopic (exact) mass is 280 g/mol. The van der Waals surface area contributed by atoms with Crippen LogP contribution in [0.1, 0.15) is 39.2 Å². The van der Waals surface area contributed by atoms with Crippen LogP contribution in [0.4, 0.5) is 5.69 Å². The van der Waals surface area contributed by atoms with E-state index in [1.807, 2.05) is 6.07 Å². The van der Waals surface area contributed by atoms with Crippen molar-refractivity contribution in [1.82, 2.24) is 5.32 Å². The normalized spacial score (nSPS) is 15.0. The molecule has 1 aliphatic carbocycles. The van der Waals surface area contributed by atoms with Crippen molar-refractivity contribution >= 4 is 17.3 Å². The molecule has 1 saturated carbocycles. The predicted molar refractivity (Wildman–Crippen MR) is 84.0 cm³/mol. The fraction of sp³-hybridized carbons (Fsp3) is 0.625. The first-order valence-corrected chi connectivity index (χ1v) is 7.76. The van der Waals surface area contributed by atoms with Gasteiger partial charge >= 0.3 is 0 Å². The van der Waals surface area contributed by atoms with Gasteiger partial charge in [0.1, 0.15) is 0 Å². The molecular weight excluding hydrogens is 256 g/mol. The highest BCUT2D eigenvalue weighted by molar-refractivity contribution is 6.31. The molecule has 0 spiro atoms. The summed E-state index contributed by atoms with van der Waals surface area (Å²) in [5, 5.41) is 4.39. The molecule has 0 unspecified atom stereocenters. The summed E-state index contributed by atoms with van der Waals surface area (Å²) in [6.45, 7) is 9.62. The zero-order valence-electron chi connectivity index (χ0n) is 12.2. The molecule has 0 aromatic heterocycles. The molecule has 19 heavy (non-hydrogen) atoms. The second kappa shape index (κ2) is 6.62. The van der Waals surface area contributed by atoms with Crippen LogP contribution >= 0.6 is 11.6 Å². The Labute approximate surface area is 122 Å². The molecule has 0 heterocycles. The summed E-state index contributed by atoms with van der Waals surface area (Å²) in [6.07, 6.45) is 2.64. The quantitative estimate of drug-likeness (QED) is 0.810. The van der Waals surface area contributed by atoms with Crippen LogP contribution in [-0.2, 0) is 6.54 Å². The van der Waals surface area contributed by atoms with Crippen molar-refractivity contribution in [3.63, 3.8) is 0 Å². The smallest absolute Gasteiger partial charge is 0.0471 e. The highest BCUT2D eigenvalue weighted by atomic mass is 35.5. The van der Waals surface area contributed by atoms with Crippen molar-refractivity contribution in [2.24, 2.45) is 5.92 Å². The Balaban J connectivity index is 2.14. The molecule has 0 radical (unpaired) electrons. The van der Waals surface area contributed by atoms with Crippen LogP contribution in [0.15, 0.2) is 18.2 Å². The topological polar surface area (TPSA) is 15.3 Å². The minimum atomic E-state index is 0.664. The summed E-state index contributed by atoms with van der Waals surface area (Å²) in [7, 11) is 0. The zero-order chi connectivity index (χ0) is 13.8. The number of halogens is 1. The maximum absolute atomic E-state index is 6.40. The van der Waals surface area contributed by atoms with Gasteiger partial charge in [-0.1, -0.05) is 31.5 Å². The molecule has 0 bridgehead atoms. The van der Waals surface area contributed by atoms with Crippen LogP contribution in [-0.4, -0.2) is 19.1 Å². The highest BCUT2D eigenvalue weighted by Crippen LogP contribution is 2.35. The van der Waals surface area contributed by atoms with E-state index < -0.39 is 0 Å². The first kappa shape index (κ1) is 14.7. The summed E-state index contributed by atoms with van der Waals surface area (Å²) in [6, 6.07) is 7.00. The fourth-order valence-electron chi connectivity index (χ4n) is 2.49. The lowest BCUT2D eigenvalue weighted by atomic mass is 10.1. The average molecular weight is 281 g/mol. The van der Waals surface area contributed by atoms with E-state index in [0.717, 1.165) is 30.7 Å². The van der Waals surface area contributed by atoms with Gasteiger partial charge in [-0.2, -0.15) is 0 Å². The number of nitrogens with one attached hydrogen (secondary N) is 1. The van der Waals surface area contributed by atoms with Gasteiger partial charge in [-0.15, -0.1) is 0 Å². The van der Waals surface area contributed by atoms with Gasteiger partial charge < -0.3 is 10.2 Å². The molecule has 3 heteroatoms. The number of rotatable bonds is 7. The molecule has 1 aromatic rings. The third-order valence-electron chi connectivity index (χ3n) is 3.59. The second-order valence-electron chi connectivity index (χ2n) is 5.78. The van der Waals surface area contributed by atoms with Crippen molar-refractivity contribution in [2.45, 2.75) is 46.2 Å². The molecule has 1 aliphatic rings. The van der Waals surface area contributed by atoms with E-state index in [4.69, 9.17) is 11.6 Å². The van der Waals surface area contributed by atoms with Gasteiger partial charge in [-0.05, 0) is 44.4 Å². The Morgan fingerprint density at radius 1 is 1.37 bits per heavy atom. The van der Waals surface area contributed by atoms with Gasteiger partial charge in [0.05, 0.1) is 0 Å². The van der Waals surface area contributed by atoms with Crippen LogP contribution in [0.25, 0.3) is 0 Å². The lowest BCUT2D eigenvalue weighted by Crippen LogP contribution is -2.28. The minimum Gasteiger partial charge on any atom is -0.369 e. The average Bonchev–Trinajstić information content (AvgIpc) is 3.17.